The molecule has 0 aliphatic carbocycles. The van der Waals surface area contributed by atoms with Crippen LogP contribution in [0.2, 0.25) is 0 Å². The number of benzene rings is 2. The first-order valence-electron chi connectivity index (χ1n) is 8.38. The Hall–Kier alpha value is -2.37. The van der Waals surface area contributed by atoms with Crippen LogP contribution >= 0.6 is 0 Å². The molecule has 1 amide bonds. The van der Waals surface area contributed by atoms with E-state index in [1.165, 1.54) is 5.56 Å². The molecule has 5 heteroatoms. The fraction of sp³-hybridized carbons (Fsp3) is 0.350. The highest BCUT2D eigenvalue weighted by Crippen LogP contribution is 2.12. The summed E-state index contributed by atoms with van der Waals surface area (Å²) in [5.41, 5.74) is 2.76. The number of nitrogens with one attached hydrogen (secondary N) is 1. The van der Waals surface area contributed by atoms with Crippen molar-refractivity contribution in [2.75, 3.05) is 20.3 Å². The molecule has 2 aromatic carbocycles. The van der Waals surface area contributed by atoms with Crippen molar-refractivity contribution in [2.45, 2.75) is 26.1 Å². The fourth-order valence-electron chi connectivity index (χ4n) is 2.30. The van der Waals surface area contributed by atoms with Gasteiger partial charge in [-0.3, -0.25) is 4.79 Å². The molecule has 2 N–H and O–H groups in total. The lowest BCUT2D eigenvalue weighted by Gasteiger charge is -2.13. The molecule has 134 valence electrons. The largest absolute Gasteiger partial charge is 0.497 e. The topological polar surface area (TPSA) is 67.8 Å². The molecule has 0 radical (unpaired) electrons. The van der Waals surface area contributed by atoms with Crippen molar-refractivity contribution < 1.29 is 19.4 Å². The predicted molar refractivity (Wildman–Crippen MR) is 96.8 cm³/mol. The Bertz CT molecular complexity index is 652. The van der Waals surface area contributed by atoms with E-state index in [0.29, 0.717) is 12.2 Å². The minimum atomic E-state index is -0.753. The van der Waals surface area contributed by atoms with Crippen LogP contribution in [0.5, 0.6) is 5.75 Å². The fourth-order valence-corrected chi connectivity index (χ4v) is 2.30. The van der Waals surface area contributed by atoms with Crippen molar-refractivity contribution in [2.24, 2.45) is 0 Å². The van der Waals surface area contributed by atoms with E-state index < -0.39 is 6.10 Å². The number of ether oxygens (including phenoxy) is 2. The van der Waals surface area contributed by atoms with Crippen LogP contribution in [-0.2, 0) is 17.8 Å². The molecule has 25 heavy (non-hydrogen) atoms. The number of aliphatic hydroxyl groups is 1. The Balaban J connectivity index is 1.68. The van der Waals surface area contributed by atoms with Crippen LogP contribution in [0.25, 0.3) is 0 Å². The minimum absolute atomic E-state index is 0.150. The van der Waals surface area contributed by atoms with Crippen molar-refractivity contribution >= 4 is 5.91 Å². The van der Waals surface area contributed by atoms with Crippen LogP contribution in [0.3, 0.4) is 0 Å². The van der Waals surface area contributed by atoms with Crippen LogP contribution < -0.4 is 10.1 Å². The van der Waals surface area contributed by atoms with Gasteiger partial charge < -0.3 is 19.9 Å². The molecule has 5 nitrogen and oxygen atoms in total. The molecule has 0 aliphatic heterocycles. The lowest BCUT2D eigenvalue weighted by molar-refractivity contribution is 0.0285. The normalized spacial score (nSPS) is 11.8. The summed E-state index contributed by atoms with van der Waals surface area (Å²) in [6, 6.07) is 15.0. The molecule has 0 saturated carbocycles. The third-order valence-corrected chi connectivity index (χ3v) is 3.86. The van der Waals surface area contributed by atoms with Crippen molar-refractivity contribution in [3.63, 3.8) is 0 Å². The number of amides is 1. The molecule has 2 aromatic rings. The van der Waals surface area contributed by atoms with Gasteiger partial charge in [-0.25, -0.2) is 0 Å². The third-order valence-electron chi connectivity index (χ3n) is 3.86. The van der Waals surface area contributed by atoms with Crippen LogP contribution in [0, 0.1) is 0 Å². The predicted octanol–water partition coefficient (Wildman–Crippen LogP) is 2.57. The van der Waals surface area contributed by atoms with Gasteiger partial charge in [-0.1, -0.05) is 31.2 Å². The summed E-state index contributed by atoms with van der Waals surface area (Å²) in [6.45, 7) is 2.77. The van der Waals surface area contributed by atoms with Crippen LogP contribution in [0.15, 0.2) is 48.5 Å². The highest BCUT2D eigenvalue weighted by atomic mass is 16.5. The van der Waals surface area contributed by atoms with E-state index in [1.807, 2.05) is 36.4 Å². The van der Waals surface area contributed by atoms with Crippen LogP contribution in [-0.4, -0.2) is 37.4 Å². The molecule has 1 atom stereocenters. The average molecular weight is 343 g/mol. The lowest BCUT2D eigenvalue weighted by Crippen LogP contribution is -2.34. The van der Waals surface area contributed by atoms with Gasteiger partial charge in [0.15, 0.2) is 0 Å². The van der Waals surface area contributed by atoms with Crippen molar-refractivity contribution in [1.82, 2.24) is 5.32 Å². The average Bonchev–Trinajstić information content (AvgIpc) is 2.66. The zero-order valence-corrected chi connectivity index (χ0v) is 14.7. The molecule has 0 aromatic heterocycles. The Morgan fingerprint density at radius 2 is 1.72 bits per heavy atom. The molecule has 0 fully saturated rings. The maximum Gasteiger partial charge on any atom is 0.251 e. The standard InChI is InChI=1S/C20H25NO4/c1-3-15-4-8-17(9-5-15)20(23)21-12-18(22)14-25-13-16-6-10-19(24-2)11-7-16/h4-11,18,22H,3,12-14H2,1-2H3,(H,21,23). The number of aryl methyl sites for hydroxylation is 1. The molecule has 0 bridgehead atoms. The van der Waals surface area contributed by atoms with E-state index in [9.17, 15) is 9.90 Å². The molecule has 0 spiro atoms. The maximum atomic E-state index is 12.0. The zero-order chi connectivity index (χ0) is 18.1. The molecule has 0 saturated heterocycles. The SMILES string of the molecule is CCc1ccc(C(=O)NCC(O)COCc2ccc(OC)cc2)cc1. The second kappa shape index (κ2) is 9.81. The van der Waals surface area contributed by atoms with Gasteiger partial charge in [-0.2, -0.15) is 0 Å². The number of aliphatic hydroxyl groups excluding tert-OH is 1. The smallest absolute Gasteiger partial charge is 0.251 e. The van der Waals surface area contributed by atoms with Gasteiger partial charge in [0, 0.05) is 12.1 Å². The lowest BCUT2D eigenvalue weighted by atomic mass is 10.1. The number of rotatable bonds is 9. The van der Waals surface area contributed by atoms with Crippen LogP contribution in [0.1, 0.15) is 28.4 Å². The molecule has 0 aliphatic rings. The molecular formula is C20H25NO4. The van der Waals surface area contributed by atoms with Crippen molar-refractivity contribution in [3.05, 3.63) is 65.2 Å². The molecular weight excluding hydrogens is 318 g/mol. The Morgan fingerprint density at radius 3 is 2.32 bits per heavy atom. The Labute approximate surface area is 148 Å². The summed E-state index contributed by atoms with van der Waals surface area (Å²) in [5.74, 6) is 0.593. The minimum Gasteiger partial charge on any atom is -0.497 e. The molecule has 0 heterocycles. The van der Waals surface area contributed by atoms with Gasteiger partial charge in [0.1, 0.15) is 5.75 Å². The first-order valence-corrected chi connectivity index (χ1v) is 8.38. The Kier molecular flexibility index (Phi) is 7.44. The number of hydrogen-bond acceptors (Lipinski definition) is 4. The van der Waals surface area contributed by atoms with Gasteiger partial charge in [0.05, 0.1) is 26.4 Å². The number of carbonyl (C=O) groups excluding carboxylic acids is 1. The van der Waals surface area contributed by atoms with E-state index in [4.69, 9.17) is 9.47 Å². The highest BCUT2D eigenvalue weighted by molar-refractivity contribution is 5.94. The highest BCUT2D eigenvalue weighted by Gasteiger charge is 2.09. The van der Waals surface area contributed by atoms with E-state index in [0.717, 1.165) is 17.7 Å². The maximum absolute atomic E-state index is 12.0. The van der Waals surface area contributed by atoms with Gasteiger partial charge >= 0.3 is 0 Å². The summed E-state index contributed by atoms with van der Waals surface area (Å²) in [7, 11) is 1.62. The first kappa shape index (κ1) is 19.0. The van der Waals surface area contributed by atoms with Crippen LogP contribution in [0.4, 0.5) is 0 Å². The summed E-state index contributed by atoms with van der Waals surface area (Å²) in [6.07, 6.45) is 0.184. The zero-order valence-electron chi connectivity index (χ0n) is 14.7. The Morgan fingerprint density at radius 1 is 1.08 bits per heavy atom. The number of carbonyl (C=O) groups is 1. The summed E-state index contributed by atoms with van der Waals surface area (Å²) >= 11 is 0. The van der Waals surface area contributed by atoms with E-state index >= 15 is 0 Å². The summed E-state index contributed by atoms with van der Waals surface area (Å²) in [5, 5.41) is 12.6. The molecule has 2 rings (SSSR count). The second-order valence-corrected chi connectivity index (χ2v) is 5.78. The van der Waals surface area contributed by atoms with E-state index in [-0.39, 0.29) is 19.1 Å². The molecule has 1 unspecified atom stereocenters. The number of hydrogen-bond donors (Lipinski definition) is 2. The first-order chi connectivity index (χ1) is 12.1. The number of methoxy groups -OCH3 is 1. The van der Waals surface area contributed by atoms with Gasteiger partial charge in [0.25, 0.3) is 5.91 Å². The quantitative estimate of drug-likeness (QED) is 0.734. The van der Waals surface area contributed by atoms with Crippen molar-refractivity contribution in [3.8, 4) is 5.75 Å². The second-order valence-electron chi connectivity index (χ2n) is 5.78. The summed E-state index contributed by atoms with van der Waals surface area (Å²) in [4.78, 5) is 12.0. The van der Waals surface area contributed by atoms with E-state index in [2.05, 4.69) is 12.2 Å². The third kappa shape index (κ3) is 6.21. The van der Waals surface area contributed by atoms with Crippen molar-refractivity contribution in [1.29, 1.82) is 0 Å². The van der Waals surface area contributed by atoms with Gasteiger partial charge in [0.2, 0.25) is 0 Å². The van der Waals surface area contributed by atoms with Gasteiger partial charge in [-0.15, -0.1) is 0 Å². The summed E-state index contributed by atoms with van der Waals surface area (Å²) < 4.78 is 10.6. The monoisotopic (exact) mass is 343 g/mol. The van der Waals surface area contributed by atoms with Gasteiger partial charge in [-0.05, 0) is 41.8 Å². The van der Waals surface area contributed by atoms with E-state index in [1.54, 1.807) is 19.2 Å².